The Morgan fingerprint density at radius 1 is 1.67 bits per heavy atom. The molecule has 0 radical (unpaired) electrons. The topological polar surface area (TPSA) is 20.2 Å². The lowest BCUT2D eigenvalue weighted by atomic mass is 10.3. The van der Waals surface area contributed by atoms with Gasteiger partial charge in [0.1, 0.15) is 33.8 Å². The van der Waals surface area contributed by atoms with Crippen LogP contribution in [0.3, 0.4) is 0 Å². The number of aliphatic hydroxyl groups is 1. The Kier molecular flexibility index (Phi) is 3.08. The van der Waals surface area contributed by atoms with E-state index in [-0.39, 0.29) is 0 Å². The van der Waals surface area contributed by atoms with Crippen LogP contribution in [0.2, 0.25) is 0 Å². The van der Waals surface area contributed by atoms with Crippen LogP contribution in [0.1, 0.15) is 0 Å². The van der Waals surface area contributed by atoms with E-state index < -0.39 is 5.10 Å². The zero-order valence-corrected chi connectivity index (χ0v) is 10.1. The molecule has 0 amide bonds. The van der Waals surface area contributed by atoms with Gasteiger partial charge in [-0.3, -0.25) is 0 Å². The number of fused-ring (bicyclic) bond motifs is 1. The number of rotatable bonds is 0. The molecule has 2 aliphatic heterocycles. The van der Waals surface area contributed by atoms with Crippen molar-refractivity contribution in [2.75, 3.05) is 5.75 Å². The SMILES string of the molecule is OC1=C2SC=CC2S[P+](=S)SC1. The predicted octanol–water partition coefficient (Wildman–Crippen LogP) is 3.64. The fourth-order valence-corrected chi connectivity index (χ4v) is 8.61. The van der Waals surface area contributed by atoms with Crippen molar-refractivity contribution >= 4 is 51.4 Å². The lowest BCUT2D eigenvalue weighted by molar-refractivity contribution is 0.414. The third-order valence-electron chi connectivity index (χ3n) is 1.50. The first-order chi connectivity index (χ1) is 5.77. The summed E-state index contributed by atoms with van der Waals surface area (Å²) in [7, 11) is 0. The van der Waals surface area contributed by atoms with E-state index in [1.54, 1.807) is 34.5 Å². The summed E-state index contributed by atoms with van der Waals surface area (Å²) in [4.78, 5) is 1.10. The van der Waals surface area contributed by atoms with Gasteiger partial charge in [0.25, 0.3) is 0 Å². The van der Waals surface area contributed by atoms with Crippen LogP contribution >= 0.6 is 39.6 Å². The second-order valence-electron chi connectivity index (χ2n) is 2.28. The van der Waals surface area contributed by atoms with Crippen molar-refractivity contribution in [1.82, 2.24) is 0 Å². The Hall–Kier alpha value is 0.850. The lowest BCUT2D eigenvalue weighted by Gasteiger charge is -2.01. The van der Waals surface area contributed by atoms with Crippen molar-refractivity contribution in [3.63, 3.8) is 0 Å². The summed E-state index contributed by atoms with van der Waals surface area (Å²) in [6.07, 6.45) is 2.12. The molecule has 0 spiro atoms. The first-order valence-corrected chi connectivity index (χ1v) is 9.60. The van der Waals surface area contributed by atoms with Gasteiger partial charge in [-0.15, -0.1) is 0 Å². The van der Waals surface area contributed by atoms with E-state index >= 15 is 0 Å². The van der Waals surface area contributed by atoms with Crippen LogP contribution in [0.5, 0.6) is 0 Å². The second-order valence-corrected chi connectivity index (χ2v) is 11.7. The molecule has 0 saturated heterocycles. The van der Waals surface area contributed by atoms with Crippen molar-refractivity contribution < 1.29 is 5.11 Å². The molecule has 0 saturated carbocycles. The summed E-state index contributed by atoms with van der Waals surface area (Å²) in [5.74, 6) is 1.23. The standard InChI is InChI=1S/C6H5OPS4/c7-4-3-11-8(9)12-5-1-2-10-6(4)5/h1-2,5H,3H2/p+1. The van der Waals surface area contributed by atoms with Gasteiger partial charge >= 0.3 is 5.10 Å². The van der Waals surface area contributed by atoms with Crippen LogP contribution in [0.4, 0.5) is 0 Å². The smallest absolute Gasteiger partial charge is 0.318 e. The Morgan fingerprint density at radius 2 is 2.50 bits per heavy atom. The molecule has 2 unspecified atom stereocenters. The molecule has 2 rings (SSSR count). The minimum Gasteiger partial charge on any atom is -0.510 e. The molecule has 0 aromatic heterocycles. The minimum atomic E-state index is -0.426. The molecule has 0 bridgehead atoms. The Labute approximate surface area is 89.4 Å². The molecule has 12 heavy (non-hydrogen) atoms. The van der Waals surface area contributed by atoms with Crippen LogP contribution in [0.15, 0.2) is 22.1 Å². The fourth-order valence-electron chi connectivity index (χ4n) is 0.962. The van der Waals surface area contributed by atoms with Gasteiger partial charge in [-0.2, -0.15) is 0 Å². The van der Waals surface area contributed by atoms with Crippen molar-refractivity contribution in [2.24, 2.45) is 0 Å². The Balaban J connectivity index is 2.28. The predicted molar refractivity (Wildman–Crippen MR) is 64.5 cm³/mol. The quantitative estimate of drug-likeness (QED) is 0.663. The summed E-state index contributed by atoms with van der Waals surface area (Å²) in [5.41, 5.74) is 0. The molecule has 0 aromatic rings. The van der Waals surface area contributed by atoms with Crippen LogP contribution in [-0.4, -0.2) is 16.1 Å². The van der Waals surface area contributed by atoms with E-state index in [4.69, 9.17) is 11.8 Å². The van der Waals surface area contributed by atoms with Gasteiger partial charge < -0.3 is 5.11 Å². The van der Waals surface area contributed by atoms with Gasteiger partial charge in [-0.05, 0) is 5.41 Å². The molecule has 6 heteroatoms. The normalized spacial score (nSPS) is 32.0. The highest BCUT2D eigenvalue weighted by Gasteiger charge is 2.33. The molecule has 0 aromatic carbocycles. The maximum Gasteiger partial charge on any atom is 0.318 e. The van der Waals surface area contributed by atoms with E-state index in [1.165, 1.54) is 0 Å². The molecule has 2 heterocycles. The van der Waals surface area contributed by atoms with Crippen LogP contribution < -0.4 is 0 Å². The van der Waals surface area contributed by atoms with E-state index in [0.29, 0.717) is 16.8 Å². The third-order valence-corrected chi connectivity index (χ3v) is 9.75. The van der Waals surface area contributed by atoms with E-state index in [0.717, 1.165) is 4.91 Å². The molecule has 0 aliphatic carbocycles. The minimum absolute atomic E-state index is 0.341. The maximum absolute atomic E-state index is 9.63. The molecule has 2 aliphatic rings. The van der Waals surface area contributed by atoms with E-state index in [2.05, 4.69) is 6.08 Å². The maximum atomic E-state index is 9.63. The summed E-state index contributed by atoms with van der Waals surface area (Å²) in [6, 6.07) is 0. The van der Waals surface area contributed by atoms with Crippen molar-refractivity contribution in [3.05, 3.63) is 22.1 Å². The summed E-state index contributed by atoms with van der Waals surface area (Å²) < 4.78 is 0. The first kappa shape index (κ1) is 9.41. The molecule has 1 nitrogen and oxygen atoms in total. The summed E-state index contributed by atoms with van der Waals surface area (Å²) in [6.45, 7) is 0. The highest BCUT2D eigenvalue weighted by molar-refractivity contribution is 8.94. The van der Waals surface area contributed by atoms with Crippen molar-refractivity contribution in [3.8, 4) is 0 Å². The van der Waals surface area contributed by atoms with Gasteiger partial charge in [0.2, 0.25) is 0 Å². The van der Waals surface area contributed by atoms with E-state index in [9.17, 15) is 5.11 Å². The van der Waals surface area contributed by atoms with E-state index in [1.807, 2.05) is 5.41 Å². The van der Waals surface area contributed by atoms with Crippen LogP contribution in [0, 0.1) is 0 Å². The molecule has 0 fully saturated rings. The number of hydrogen-bond donors (Lipinski definition) is 1. The molecule has 64 valence electrons. The number of aliphatic hydroxyl groups excluding tert-OH is 1. The highest BCUT2D eigenvalue weighted by atomic mass is 33.2. The van der Waals surface area contributed by atoms with Crippen molar-refractivity contribution in [1.29, 1.82) is 0 Å². The number of hydrogen-bond acceptors (Lipinski definition) is 5. The Morgan fingerprint density at radius 3 is 3.33 bits per heavy atom. The first-order valence-electron chi connectivity index (χ1n) is 3.29. The zero-order valence-electron chi connectivity index (χ0n) is 5.97. The average Bonchev–Trinajstić information content (AvgIpc) is 2.44. The number of thioether (sulfide) groups is 1. The Bertz CT molecular complexity index is 285. The molecule has 2 atom stereocenters. The molecule has 1 N–H and O–H groups in total. The summed E-state index contributed by atoms with van der Waals surface area (Å²) in [5, 5.41) is 11.6. The monoisotopic (exact) mass is 253 g/mol. The second kappa shape index (κ2) is 3.93. The van der Waals surface area contributed by atoms with Crippen LogP contribution in [-0.2, 0) is 11.8 Å². The van der Waals surface area contributed by atoms with Gasteiger partial charge in [0.15, 0.2) is 11.8 Å². The van der Waals surface area contributed by atoms with Gasteiger partial charge in [-0.25, -0.2) is 0 Å². The average molecular weight is 253 g/mol. The largest absolute Gasteiger partial charge is 0.510 e. The van der Waals surface area contributed by atoms with Gasteiger partial charge in [0.05, 0.1) is 5.75 Å². The van der Waals surface area contributed by atoms with Gasteiger partial charge in [-0.1, -0.05) is 17.8 Å². The van der Waals surface area contributed by atoms with Gasteiger partial charge in [0, 0.05) is 4.91 Å². The fraction of sp³-hybridized carbons (Fsp3) is 0.333. The van der Waals surface area contributed by atoms with Crippen molar-refractivity contribution in [2.45, 2.75) is 5.25 Å². The molecular formula is C6H6OPS4+. The lowest BCUT2D eigenvalue weighted by Crippen LogP contribution is -1.97. The van der Waals surface area contributed by atoms with Crippen LogP contribution in [0.25, 0.3) is 0 Å². The highest BCUT2D eigenvalue weighted by Crippen LogP contribution is 2.59. The summed E-state index contributed by atoms with van der Waals surface area (Å²) >= 11 is 10.4. The molecular weight excluding hydrogens is 247 g/mol. The third kappa shape index (κ3) is 1.85. The zero-order chi connectivity index (χ0) is 8.55.